The van der Waals surface area contributed by atoms with Crippen LogP contribution in [0.2, 0.25) is 0 Å². The topological polar surface area (TPSA) is 18.5 Å². The fourth-order valence-corrected chi connectivity index (χ4v) is 2.94. The van der Waals surface area contributed by atoms with E-state index in [0.717, 1.165) is 32.1 Å². The molecule has 3 nitrogen and oxygen atoms in total. The Labute approximate surface area is 125 Å². The first-order valence-electron chi connectivity index (χ1n) is 7.49. The molecule has 1 aromatic carbocycles. The van der Waals surface area contributed by atoms with Gasteiger partial charge in [0.1, 0.15) is 11.6 Å². The third-order valence-electron chi connectivity index (χ3n) is 4.43. The fourth-order valence-electron chi connectivity index (χ4n) is 2.94. The Bertz CT molecular complexity index is 467. The molecule has 1 saturated heterocycles. The molecule has 0 saturated carbocycles. The summed E-state index contributed by atoms with van der Waals surface area (Å²) in [4.78, 5) is 4.70. The van der Waals surface area contributed by atoms with Crippen LogP contribution >= 0.6 is 0 Å². The molecule has 1 aliphatic heterocycles. The first-order chi connectivity index (χ1) is 9.99. The van der Waals surface area contributed by atoms with Gasteiger partial charge in [-0.05, 0) is 45.6 Å². The molecule has 1 N–H and O–H groups in total. The van der Waals surface area contributed by atoms with Crippen LogP contribution in [0.15, 0.2) is 18.2 Å². The minimum Gasteiger partial charge on any atom is -0.317 e. The Balaban J connectivity index is 1.99. The normalized spacial score (nSPS) is 22.4. The van der Waals surface area contributed by atoms with Crippen LogP contribution in [-0.4, -0.2) is 62.7 Å². The zero-order chi connectivity index (χ0) is 15.4. The number of rotatable bonds is 5. The summed E-state index contributed by atoms with van der Waals surface area (Å²) < 4.78 is 26.7. The van der Waals surface area contributed by atoms with E-state index in [1.54, 1.807) is 6.07 Å². The summed E-state index contributed by atoms with van der Waals surface area (Å²) >= 11 is 0. The lowest BCUT2D eigenvalue weighted by Gasteiger charge is -2.39. The van der Waals surface area contributed by atoms with Crippen molar-refractivity contribution in [2.75, 3.05) is 40.8 Å². The van der Waals surface area contributed by atoms with Crippen molar-refractivity contribution in [2.24, 2.45) is 0 Å². The number of halogens is 2. The van der Waals surface area contributed by atoms with Crippen LogP contribution in [0, 0.1) is 11.6 Å². The molecule has 2 unspecified atom stereocenters. The van der Waals surface area contributed by atoms with Crippen molar-refractivity contribution in [2.45, 2.75) is 24.9 Å². The quantitative estimate of drug-likeness (QED) is 0.893. The van der Waals surface area contributed by atoms with Crippen molar-refractivity contribution in [3.05, 3.63) is 35.4 Å². The maximum absolute atomic E-state index is 13.8. The molecular formula is C16H25F2N3. The maximum atomic E-state index is 13.8. The Morgan fingerprint density at radius 2 is 2.05 bits per heavy atom. The van der Waals surface area contributed by atoms with E-state index in [-0.39, 0.29) is 6.04 Å². The molecule has 1 aliphatic rings. The van der Waals surface area contributed by atoms with Gasteiger partial charge in [-0.25, -0.2) is 8.78 Å². The van der Waals surface area contributed by atoms with E-state index in [0.29, 0.717) is 18.0 Å². The molecule has 0 spiro atoms. The van der Waals surface area contributed by atoms with Gasteiger partial charge in [-0.2, -0.15) is 0 Å². The SMILES string of the molecule is CNC(Cc1ccc(F)cc1F)CC1CN(C)CCN1C. The van der Waals surface area contributed by atoms with Gasteiger partial charge in [0, 0.05) is 37.8 Å². The summed E-state index contributed by atoms with van der Waals surface area (Å²) in [6.45, 7) is 3.17. The average molecular weight is 297 g/mol. The second kappa shape index (κ2) is 7.29. The molecule has 0 aromatic heterocycles. The van der Waals surface area contributed by atoms with E-state index in [9.17, 15) is 8.78 Å². The van der Waals surface area contributed by atoms with Crippen molar-refractivity contribution < 1.29 is 8.78 Å². The maximum Gasteiger partial charge on any atom is 0.129 e. The van der Waals surface area contributed by atoms with Crippen LogP contribution < -0.4 is 5.32 Å². The molecule has 1 fully saturated rings. The van der Waals surface area contributed by atoms with Crippen molar-refractivity contribution in [1.82, 2.24) is 15.1 Å². The third kappa shape index (κ3) is 4.46. The molecule has 1 aromatic rings. The molecule has 118 valence electrons. The summed E-state index contributed by atoms with van der Waals surface area (Å²) in [5.41, 5.74) is 0.572. The van der Waals surface area contributed by atoms with Crippen LogP contribution in [0.5, 0.6) is 0 Å². The number of piperazine rings is 1. The van der Waals surface area contributed by atoms with Crippen molar-refractivity contribution in [3.8, 4) is 0 Å². The first kappa shape index (κ1) is 16.3. The van der Waals surface area contributed by atoms with E-state index in [1.807, 2.05) is 7.05 Å². The van der Waals surface area contributed by atoms with Gasteiger partial charge in [0.25, 0.3) is 0 Å². The van der Waals surface area contributed by atoms with Gasteiger partial charge in [-0.1, -0.05) is 6.07 Å². The lowest BCUT2D eigenvalue weighted by Crippen LogP contribution is -2.52. The molecule has 0 aliphatic carbocycles. The highest BCUT2D eigenvalue weighted by Crippen LogP contribution is 2.17. The van der Waals surface area contributed by atoms with E-state index >= 15 is 0 Å². The minimum absolute atomic E-state index is 0.184. The average Bonchev–Trinajstić information content (AvgIpc) is 2.44. The van der Waals surface area contributed by atoms with E-state index in [2.05, 4.69) is 29.2 Å². The highest BCUT2D eigenvalue weighted by molar-refractivity contribution is 5.19. The molecule has 2 rings (SSSR count). The molecule has 0 radical (unpaired) electrons. The van der Waals surface area contributed by atoms with Crippen LogP contribution in [0.1, 0.15) is 12.0 Å². The van der Waals surface area contributed by atoms with E-state index < -0.39 is 11.6 Å². The summed E-state index contributed by atoms with van der Waals surface area (Å²) in [5, 5.41) is 3.27. The van der Waals surface area contributed by atoms with Gasteiger partial charge >= 0.3 is 0 Å². The highest BCUT2D eigenvalue weighted by atomic mass is 19.1. The predicted molar refractivity (Wildman–Crippen MR) is 81.4 cm³/mol. The first-order valence-corrected chi connectivity index (χ1v) is 7.49. The Morgan fingerprint density at radius 1 is 1.29 bits per heavy atom. The van der Waals surface area contributed by atoms with E-state index in [1.165, 1.54) is 6.07 Å². The zero-order valence-electron chi connectivity index (χ0n) is 13.1. The number of benzene rings is 1. The second-order valence-corrected chi connectivity index (χ2v) is 6.06. The third-order valence-corrected chi connectivity index (χ3v) is 4.43. The summed E-state index contributed by atoms with van der Waals surface area (Å²) in [6, 6.07) is 4.48. The summed E-state index contributed by atoms with van der Waals surface area (Å²) in [7, 11) is 6.18. The highest BCUT2D eigenvalue weighted by Gasteiger charge is 2.25. The summed E-state index contributed by atoms with van der Waals surface area (Å²) in [5.74, 6) is -0.977. The number of likely N-dealkylation sites (N-methyl/N-ethyl adjacent to an activating group) is 3. The monoisotopic (exact) mass is 297 g/mol. The minimum atomic E-state index is -0.522. The molecule has 2 atom stereocenters. The van der Waals surface area contributed by atoms with Gasteiger partial charge in [-0.15, -0.1) is 0 Å². The van der Waals surface area contributed by atoms with Gasteiger partial charge in [0.05, 0.1) is 0 Å². The smallest absolute Gasteiger partial charge is 0.129 e. The zero-order valence-corrected chi connectivity index (χ0v) is 13.1. The van der Waals surface area contributed by atoms with Crippen LogP contribution in [0.4, 0.5) is 8.78 Å². The fraction of sp³-hybridized carbons (Fsp3) is 0.625. The predicted octanol–water partition coefficient (Wildman–Crippen LogP) is 1.73. The molecular weight excluding hydrogens is 272 g/mol. The van der Waals surface area contributed by atoms with Crippen molar-refractivity contribution >= 4 is 0 Å². The Kier molecular flexibility index (Phi) is 5.67. The second-order valence-electron chi connectivity index (χ2n) is 6.06. The van der Waals surface area contributed by atoms with Crippen molar-refractivity contribution in [1.29, 1.82) is 0 Å². The number of hydrogen-bond acceptors (Lipinski definition) is 3. The van der Waals surface area contributed by atoms with Crippen LogP contribution in [0.25, 0.3) is 0 Å². The number of hydrogen-bond donors (Lipinski definition) is 1. The molecule has 0 amide bonds. The lowest BCUT2D eigenvalue weighted by molar-refractivity contribution is 0.101. The van der Waals surface area contributed by atoms with Crippen LogP contribution in [-0.2, 0) is 6.42 Å². The molecule has 0 bridgehead atoms. The summed E-state index contributed by atoms with van der Waals surface area (Å²) in [6.07, 6.45) is 1.53. The van der Waals surface area contributed by atoms with Gasteiger partial charge in [0.2, 0.25) is 0 Å². The molecule has 21 heavy (non-hydrogen) atoms. The van der Waals surface area contributed by atoms with E-state index in [4.69, 9.17) is 0 Å². The number of nitrogens with one attached hydrogen (secondary N) is 1. The van der Waals surface area contributed by atoms with Gasteiger partial charge < -0.3 is 15.1 Å². The largest absolute Gasteiger partial charge is 0.317 e. The Morgan fingerprint density at radius 3 is 2.71 bits per heavy atom. The Hall–Kier alpha value is -1.04. The van der Waals surface area contributed by atoms with Crippen molar-refractivity contribution in [3.63, 3.8) is 0 Å². The molecule has 5 heteroatoms. The molecule has 1 heterocycles. The van der Waals surface area contributed by atoms with Gasteiger partial charge in [0.15, 0.2) is 0 Å². The standard InChI is InChI=1S/C16H25F2N3/c1-19-14(8-12-4-5-13(17)9-16(12)18)10-15-11-20(2)6-7-21(15)3/h4-5,9,14-15,19H,6-8,10-11H2,1-3H3. The van der Waals surface area contributed by atoms with Crippen LogP contribution in [0.3, 0.4) is 0 Å². The van der Waals surface area contributed by atoms with Gasteiger partial charge in [-0.3, -0.25) is 0 Å². The lowest BCUT2D eigenvalue weighted by atomic mass is 9.97. The number of nitrogens with zero attached hydrogens (tertiary/aromatic N) is 2.